The van der Waals surface area contributed by atoms with E-state index < -0.39 is 0 Å². The molecule has 0 saturated heterocycles. The van der Waals surface area contributed by atoms with E-state index >= 15 is 0 Å². The minimum Gasteiger partial charge on any atom is -0.486 e. The average Bonchev–Trinajstić information content (AvgIpc) is 2.74. The van der Waals surface area contributed by atoms with Crippen molar-refractivity contribution >= 4 is 17.5 Å². The summed E-state index contributed by atoms with van der Waals surface area (Å²) in [5, 5.41) is 6.12. The van der Waals surface area contributed by atoms with Crippen LogP contribution >= 0.6 is 0 Å². The van der Waals surface area contributed by atoms with Crippen molar-refractivity contribution in [3.05, 3.63) is 71.5 Å². The van der Waals surface area contributed by atoms with Crippen molar-refractivity contribution in [1.29, 1.82) is 0 Å². The number of nitrogens with zero attached hydrogens (tertiary/aromatic N) is 2. The molecule has 1 atom stereocenters. The van der Waals surface area contributed by atoms with Gasteiger partial charge in [-0.15, -0.1) is 0 Å². The summed E-state index contributed by atoms with van der Waals surface area (Å²) < 4.78 is 11.1. The van der Waals surface area contributed by atoms with Gasteiger partial charge < -0.3 is 20.1 Å². The summed E-state index contributed by atoms with van der Waals surface area (Å²) in [5.74, 6) is 1.47. The largest absolute Gasteiger partial charge is 0.486 e. The number of nitrogens with one attached hydrogen (secondary N) is 2. The fourth-order valence-corrected chi connectivity index (χ4v) is 3.09. The third-order valence-electron chi connectivity index (χ3n) is 4.53. The molecule has 2 aromatic carbocycles. The number of hydrogen-bond acceptors (Lipinski definition) is 6. The van der Waals surface area contributed by atoms with Gasteiger partial charge in [0.1, 0.15) is 18.9 Å². The fraction of sp³-hybridized carbons (Fsp3) is 0.227. The van der Waals surface area contributed by atoms with Gasteiger partial charge in [-0.3, -0.25) is 4.79 Å². The number of rotatable bonds is 5. The van der Waals surface area contributed by atoms with Crippen LogP contribution < -0.4 is 20.1 Å². The molecule has 1 amide bonds. The zero-order chi connectivity index (χ0) is 20.2. The van der Waals surface area contributed by atoms with Gasteiger partial charge in [-0.25, -0.2) is 9.97 Å². The number of amides is 1. The van der Waals surface area contributed by atoms with Crippen molar-refractivity contribution in [2.24, 2.45) is 0 Å². The Morgan fingerprint density at radius 1 is 1.00 bits per heavy atom. The maximum atomic E-state index is 12.7. The van der Waals surface area contributed by atoms with E-state index in [0.29, 0.717) is 42.0 Å². The molecule has 7 heteroatoms. The molecule has 4 rings (SSSR count). The van der Waals surface area contributed by atoms with E-state index in [4.69, 9.17) is 9.47 Å². The summed E-state index contributed by atoms with van der Waals surface area (Å²) in [6, 6.07) is 16.9. The molecular weight excluding hydrogens is 368 g/mol. The van der Waals surface area contributed by atoms with E-state index in [1.54, 1.807) is 6.07 Å². The quantitative estimate of drug-likeness (QED) is 0.689. The van der Waals surface area contributed by atoms with E-state index in [9.17, 15) is 4.79 Å². The van der Waals surface area contributed by atoms with Crippen LogP contribution in [-0.2, 0) is 0 Å². The minimum absolute atomic E-state index is 0.131. The SMILES string of the molecule is Cc1cc(C(=O)NC(C)c2ccccc2)nc(Nc2ccc3c(c2)OCCO3)n1. The lowest BCUT2D eigenvalue weighted by Gasteiger charge is -2.19. The smallest absolute Gasteiger partial charge is 0.270 e. The standard InChI is InChI=1S/C22H22N4O3/c1-14-12-18(21(27)24-15(2)16-6-4-3-5-7-16)26-22(23-14)25-17-8-9-19-20(13-17)29-11-10-28-19/h3-9,12-13,15H,10-11H2,1-2H3,(H,24,27)(H,23,25,26). The summed E-state index contributed by atoms with van der Waals surface area (Å²) in [6.45, 7) is 4.83. The van der Waals surface area contributed by atoms with Crippen LogP contribution in [0.2, 0.25) is 0 Å². The topological polar surface area (TPSA) is 85.4 Å². The van der Waals surface area contributed by atoms with Crippen molar-refractivity contribution in [3.63, 3.8) is 0 Å². The third kappa shape index (κ3) is 4.45. The molecule has 2 heterocycles. The highest BCUT2D eigenvalue weighted by molar-refractivity contribution is 5.93. The summed E-state index contributed by atoms with van der Waals surface area (Å²) in [6.07, 6.45) is 0. The number of hydrogen-bond donors (Lipinski definition) is 2. The monoisotopic (exact) mass is 390 g/mol. The summed E-state index contributed by atoms with van der Waals surface area (Å²) >= 11 is 0. The molecule has 29 heavy (non-hydrogen) atoms. The highest BCUT2D eigenvalue weighted by Crippen LogP contribution is 2.33. The van der Waals surface area contributed by atoms with Gasteiger partial charge in [-0.2, -0.15) is 0 Å². The first-order chi connectivity index (χ1) is 14.1. The molecule has 0 saturated carbocycles. The Balaban J connectivity index is 1.51. The molecule has 0 fully saturated rings. The second kappa shape index (κ2) is 8.18. The third-order valence-corrected chi connectivity index (χ3v) is 4.53. The van der Waals surface area contributed by atoms with E-state index in [1.807, 2.05) is 62.4 Å². The van der Waals surface area contributed by atoms with Crippen LogP contribution in [0.3, 0.4) is 0 Å². The van der Waals surface area contributed by atoms with Crippen molar-refractivity contribution in [1.82, 2.24) is 15.3 Å². The Morgan fingerprint density at radius 3 is 2.55 bits per heavy atom. The van der Waals surface area contributed by atoms with Gasteiger partial charge in [0.25, 0.3) is 5.91 Å². The maximum Gasteiger partial charge on any atom is 0.270 e. The Bertz CT molecular complexity index is 1020. The summed E-state index contributed by atoms with van der Waals surface area (Å²) in [5.41, 5.74) is 2.78. The first-order valence-corrected chi connectivity index (χ1v) is 9.46. The van der Waals surface area contributed by atoms with E-state index in [2.05, 4.69) is 20.6 Å². The van der Waals surface area contributed by atoms with Gasteiger partial charge >= 0.3 is 0 Å². The lowest BCUT2D eigenvalue weighted by Crippen LogP contribution is -2.27. The van der Waals surface area contributed by atoms with Gasteiger partial charge in [0.15, 0.2) is 11.5 Å². The Hall–Kier alpha value is -3.61. The van der Waals surface area contributed by atoms with Gasteiger partial charge in [0.2, 0.25) is 5.95 Å². The number of fused-ring (bicyclic) bond motifs is 1. The van der Waals surface area contributed by atoms with Crippen LogP contribution in [0.25, 0.3) is 0 Å². The molecule has 1 aliphatic heterocycles. The Morgan fingerprint density at radius 2 is 1.76 bits per heavy atom. The van der Waals surface area contributed by atoms with Crippen LogP contribution in [-0.4, -0.2) is 29.1 Å². The normalized spacial score (nSPS) is 13.4. The van der Waals surface area contributed by atoms with Crippen LogP contribution in [0.4, 0.5) is 11.6 Å². The number of aromatic nitrogens is 2. The highest BCUT2D eigenvalue weighted by atomic mass is 16.6. The van der Waals surface area contributed by atoms with Crippen LogP contribution in [0.15, 0.2) is 54.6 Å². The number of ether oxygens (including phenoxy) is 2. The van der Waals surface area contributed by atoms with Crippen LogP contribution in [0.1, 0.15) is 34.7 Å². The molecule has 2 N–H and O–H groups in total. The van der Waals surface area contributed by atoms with Crippen molar-refractivity contribution < 1.29 is 14.3 Å². The predicted octanol–water partition coefficient (Wildman–Crippen LogP) is 3.79. The number of aryl methyl sites for hydroxylation is 1. The molecule has 0 bridgehead atoms. The second-order valence-corrected chi connectivity index (χ2v) is 6.81. The number of carbonyl (C=O) groups excluding carboxylic acids is 1. The van der Waals surface area contributed by atoms with E-state index in [0.717, 1.165) is 11.3 Å². The predicted molar refractivity (Wildman–Crippen MR) is 110 cm³/mol. The second-order valence-electron chi connectivity index (χ2n) is 6.81. The maximum absolute atomic E-state index is 12.7. The lowest BCUT2D eigenvalue weighted by atomic mass is 10.1. The molecule has 7 nitrogen and oxygen atoms in total. The Kier molecular flexibility index (Phi) is 5.29. The molecular formula is C22H22N4O3. The first-order valence-electron chi connectivity index (χ1n) is 9.46. The number of anilines is 2. The summed E-state index contributed by atoms with van der Waals surface area (Å²) in [4.78, 5) is 21.5. The molecule has 0 aliphatic carbocycles. The Labute approximate surface area is 169 Å². The number of benzene rings is 2. The lowest BCUT2D eigenvalue weighted by molar-refractivity contribution is 0.0934. The van der Waals surface area contributed by atoms with E-state index in [1.165, 1.54) is 0 Å². The molecule has 0 radical (unpaired) electrons. The number of carbonyl (C=O) groups is 1. The molecule has 3 aromatic rings. The molecule has 1 unspecified atom stereocenters. The van der Waals surface area contributed by atoms with Gasteiger partial charge in [-0.1, -0.05) is 30.3 Å². The minimum atomic E-state index is -0.253. The highest BCUT2D eigenvalue weighted by Gasteiger charge is 2.16. The first kappa shape index (κ1) is 18.7. The average molecular weight is 390 g/mol. The molecule has 1 aliphatic rings. The van der Waals surface area contributed by atoms with Gasteiger partial charge in [0, 0.05) is 17.4 Å². The van der Waals surface area contributed by atoms with Crippen molar-refractivity contribution in [2.45, 2.75) is 19.9 Å². The zero-order valence-corrected chi connectivity index (χ0v) is 16.3. The molecule has 1 aromatic heterocycles. The van der Waals surface area contributed by atoms with Gasteiger partial charge in [-0.05, 0) is 37.6 Å². The zero-order valence-electron chi connectivity index (χ0n) is 16.3. The van der Waals surface area contributed by atoms with Crippen molar-refractivity contribution in [2.75, 3.05) is 18.5 Å². The molecule has 0 spiro atoms. The molecule has 148 valence electrons. The summed E-state index contributed by atoms with van der Waals surface area (Å²) in [7, 11) is 0. The van der Waals surface area contributed by atoms with Gasteiger partial charge in [0.05, 0.1) is 6.04 Å². The van der Waals surface area contributed by atoms with Crippen molar-refractivity contribution in [3.8, 4) is 11.5 Å². The fourth-order valence-electron chi connectivity index (χ4n) is 3.09. The van der Waals surface area contributed by atoms with Crippen LogP contribution in [0, 0.1) is 6.92 Å². The van der Waals surface area contributed by atoms with E-state index in [-0.39, 0.29) is 11.9 Å². The van der Waals surface area contributed by atoms with Crippen LogP contribution in [0.5, 0.6) is 11.5 Å².